The van der Waals surface area contributed by atoms with Gasteiger partial charge in [0.05, 0.1) is 6.08 Å². The first-order valence-corrected chi connectivity index (χ1v) is 4.05. The zero-order valence-electron chi connectivity index (χ0n) is 5.85. The molecule has 6 heteroatoms. The Kier molecular flexibility index (Phi) is 2.71. The molecule has 0 amide bonds. The summed E-state index contributed by atoms with van der Waals surface area (Å²) in [5.74, 6) is -1.12. The van der Waals surface area contributed by atoms with Crippen molar-refractivity contribution in [2.75, 3.05) is 0 Å². The first-order valence-electron chi connectivity index (χ1n) is 3.13. The lowest BCUT2D eigenvalue weighted by Crippen LogP contribution is -2.35. The average molecular weight is 239 g/mol. The molecular formula is C6H7BrO5. The van der Waals surface area contributed by atoms with Gasteiger partial charge in [-0.25, -0.2) is 4.79 Å². The molecule has 12 heavy (non-hydrogen) atoms. The van der Waals surface area contributed by atoms with Crippen molar-refractivity contribution in [3.05, 3.63) is 11.8 Å². The smallest absolute Gasteiger partial charge is 0.335 e. The predicted molar refractivity (Wildman–Crippen MR) is 41.5 cm³/mol. The molecule has 1 aliphatic heterocycles. The van der Waals surface area contributed by atoms with Gasteiger partial charge in [-0.3, -0.25) is 0 Å². The van der Waals surface area contributed by atoms with E-state index in [0.29, 0.717) is 0 Å². The molecule has 0 saturated carbocycles. The summed E-state index contributed by atoms with van der Waals surface area (Å²) in [7, 11) is 0. The molecule has 0 fully saturated rings. The molecule has 0 radical (unpaired) electrons. The highest BCUT2D eigenvalue weighted by atomic mass is 79.9. The number of rotatable bonds is 2. The van der Waals surface area contributed by atoms with Crippen molar-refractivity contribution in [2.24, 2.45) is 0 Å². The number of alkyl halides is 1. The van der Waals surface area contributed by atoms with Gasteiger partial charge in [-0.2, -0.15) is 0 Å². The molecule has 68 valence electrons. The van der Waals surface area contributed by atoms with E-state index in [9.17, 15) is 4.79 Å². The van der Waals surface area contributed by atoms with E-state index in [0.717, 1.165) is 6.08 Å². The van der Waals surface area contributed by atoms with Gasteiger partial charge >= 0.3 is 5.97 Å². The van der Waals surface area contributed by atoms with Crippen LogP contribution in [0, 0.1) is 0 Å². The third-order valence-electron chi connectivity index (χ3n) is 1.39. The zero-order chi connectivity index (χ0) is 9.30. The lowest BCUT2D eigenvalue weighted by atomic mass is 10.2. The second kappa shape index (κ2) is 3.42. The Morgan fingerprint density at radius 2 is 2.17 bits per heavy atom. The maximum absolute atomic E-state index is 10.5. The second-order valence-corrected chi connectivity index (χ2v) is 3.23. The Morgan fingerprint density at radius 3 is 2.50 bits per heavy atom. The Bertz CT molecular complexity index is 224. The Balaban J connectivity index is 2.67. The first kappa shape index (κ1) is 9.50. The van der Waals surface area contributed by atoms with E-state index >= 15 is 0 Å². The first-order chi connectivity index (χ1) is 5.52. The van der Waals surface area contributed by atoms with Crippen molar-refractivity contribution in [3.63, 3.8) is 0 Å². The van der Waals surface area contributed by atoms with Gasteiger partial charge in [-0.1, -0.05) is 15.9 Å². The molecule has 0 bridgehead atoms. The van der Waals surface area contributed by atoms with Crippen LogP contribution in [0.1, 0.15) is 0 Å². The largest absolute Gasteiger partial charge is 0.508 e. The highest BCUT2D eigenvalue weighted by Crippen LogP contribution is 2.20. The summed E-state index contributed by atoms with van der Waals surface area (Å²) in [6, 6.07) is 0. The molecule has 0 aromatic heterocycles. The molecule has 0 aromatic carbocycles. The summed E-state index contributed by atoms with van der Waals surface area (Å²) in [4.78, 5) is 10.5. The van der Waals surface area contributed by atoms with Crippen molar-refractivity contribution in [2.45, 2.75) is 17.2 Å². The number of halogens is 1. The average Bonchev–Trinajstić information content (AvgIpc) is 2.28. The highest BCUT2D eigenvalue weighted by Gasteiger charge is 2.35. The fourth-order valence-corrected chi connectivity index (χ4v) is 1.09. The fraction of sp³-hybridized carbons (Fsp3) is 0.500. The van der Waals surface area contributed by atoms with E-state index in [4.69, 9.17) is 15.3 Å². The number of aliphatic hydroxyl groups is 3. The summed E-state index contributed by atoms with van der Waals surface area (Å²) in [6.45, 7) is 0. The molecule has 0 spiro atoms. The molecule has 3 N–H and O–H groups in total. The molecule has 1 unspecified atom stereocenters. The van der Waals surface area contributed by atoms with Gasteiger partial charge in [0.2, 0.25) is 0 Å². The third-order valence-corrected chi connectivity index (χ3v) is 1.93. The van der Waals surface area contributed by atoms with E-state index in [-0.39, 0.29) is 5.76 Å². The lowest BCUT2D eigenvalue weighted by molar-refractivity contribution is -0.145. The van der Waals surface area contributed by atoms with Crippen molar-refractivity contribution in [1.82, 2.24) is 0 Å². The van der Waals surface area contributed by atoms with E-state index in [1.807, 2.05) is 0 Å². The molecular weight excluding hydrogens is 232 g/mol. The van der Waals surface area contributed by atoms with Gasteiger partial charge in [0, 0.05) is 0 Å². The quantitative estimate of drug-likeness (QED) is 0.443. The Hall–Kier alpha value is -0.590. The molecule has 1 aliphatic rings. The number of aliphatic hydroxyl groups excluding tert-OH is 3. The number of hydrogen-bond acceptors (Lipinski definition) is 5. The van der Waals surface area contributed by atoms with E-state index in [1.54, 1.807) is 0 Å². The number of carbonyl (C=O) groups excluding carboxylic acids is 1. The number of ether oxygens (including phenoxy) is 1. The summed E-state index contributed by atoms with van der Waals surface area (Å²) in [6.07, 6.45) is -1.69. The number of carbonyl (C=O) groups is 1. The topological polar surface area (TPSA) is 87.0 Å². The zero-order valence-corrected chi connectivity index (χ0v) is 7.43. The van der Waals surface area contributed by atoms with Gasteiger partial charge in [-0.15, -0.1) is 0 Å². The number of esters is 1. The SMILES string of the molecule is O=C1C=C(O)[C@@H]([C@@H](O)C(O)Br)O1. The van der Waals surface area contributed by atoms with Gasteiger partial charge in [0.1, 0.15) is 16.9 Å². The molecule has 1 rings (SSSR count). The fourth-order valence-electron chi connectivity index (χ4n) is 0.811. The third kappa shape index (κ3) is 1.77. The Labute approximate surface area is 76.4 Å². The van der Waals surface area contributed by atoms with Crippen LogP contribution >= 0.6 is 15.9 Å². The van der Waals surface area contributed by atoms with Crippen LogP contribution in [-0.2, 0) is 9.53 Å². The summed E-state index contributed by atoms with van der Waals surface area (Å²) in [5.41, 5.74) is 0. The standard InChI is InChI=1S/C6H7BrO5/c7-6(11)4(10)5-2(8)1-3(9)12-5/h1,4-6,8,10-11H/t4-,5+,6?/m1/s1. The van der Waals surface area contributed by atoms with Crippen molar-refractivity contribution in [1.29, 1.82) is 0 Å². The lowest BCUT2D eigenvalue weighted by Gasteiger charge is -2.18. The van der Waals surface area contributed by atoms with Crippen LogP contribution < -0.4 is 0 Å². The van der Waals surface area contributed by atoms with Crippen LogP contribution in [0.3, 0.4) is 0 Å². The van der Waals surface area contributed by atoms with Crippen molar-refractivity contribution >= 4 is 21.9 Å². The molecule has 0 aromatic rings. The van der Waals surface area contributed by atoms with Crippen molar-refractivity contribution in [3.8, 4) is 0 Å². The van der Waals surface area contributed by atoms with E-state index < -0.39 is 23.2 Å². The number of hydrogen-bond donors (Lipinski definition) is 3. The monoisotopic (exact) mass is 238 g/mol. The summed E-state index contributed by atoms with van der Waals surface area (Å²) in [5, 5.41) is 25.7. The minimum atomic E-state index is -1.37. The van der Waals surface area contributed by atoms with E-state index in [1.165, 1.54) is 0 Å². The minimum Gasteiger partial charge on any atom is -0.508 e. The second-order valence-electron chi connectivity index (χ2n) is 2.29. The van der Waals surface area contributed by atoms with Crippen LogP contribution in [0.4, 0.5) is 0 Å². The summed E-state index contributed by atoms with van der Waals surface area (Å²) < 4.78 is 4.48. The Morgan fingerprint density at radius 1 is 1.58 bits per heavy atom. The maximum atomic E-state index is 10.5. The number of cyclic esters (lactones) is 1. The van der Waals surface area contributed by atoms with Crippen molar-refractivity contribution < 1.29 is 24.9 Å². The van der Waals surface area contributed by atoms with Crippen LogP contribution in [0.5, 0.6) is 0 Å². The molecule has 1 heterocycles. The predicted octanol–water partition coefficient (Wildman–Crippen LogP) is -0.572. The molecule has 0 aliphatic carbocycles. The molecule has 5 nitrogen and oxygen atoms in total. The van der Waals surface area contributed by atoms with Gasteiger partial charge in [0.15, 0.2) is 6.10 Å². The molecule has 0 saturated heterocycles. The maximum Gasteiger partial charge on any atom is 0.335 e. The highest BCUT2D eigenvalue weighted by molar-refractivity contribution is 9.09. The van der Waals surface area contributed by atoms with Gasteiger partial charge in [-0.05, 0) is 0 Å². The van der Waals surface area contributed by atoms with Crippen LogP contribution in [-0.4, -0.2) is 38.5 Å². The van der Waals surface area contributed by atoms with Crippen LogP contribution in [0.2, 0.25) is 0 Å². The van der Waals surface area contributed by atoms with Gasteiger partial charge < -0.3 is 20.1 Å². The minimum absolute atomic E-state index is 0.383. The van der Waals surface area contributed by atoms with E-state index in [2.05, 4.69) is 20.7 Å². The summed E-state index contributed by atoms with van der Waals surface area (Å²) >= 11 is 2.67. The van der Waals surface area contributed by atoms with Crippen LogP contribution in [0.25, 0.3) is 0 Å². The van der Waals surface area contributed by atoms with Gasteiger partial charge in [0.25, 0.3) is 0 Å². The normalized spacial score (nSPS) is 27.8. The van der Waals surface area contributed by atoms with Crippen LogP contribution in [0.15, 0.2) is 11.8 Å². The molecule has 3 atom stereocenters.